The van der Waals surface area contributed by atoms with Crippen molar-refractivity contribution in [1.82, 2.24) is 4.98 Å². The quantitative estimate of drug-likeness (QED) is 0.818. The number of hydrogen-bond donors (Lipinski definition) is 1. The number of aromatic nitrogens is 1. The summed E-state index contributed by atoms with van der Waals surface area (Å²) < 4.78 is 5.15. The van der Waals surface area contributed by atoms with Crippen molar-refractivity contribution in [3.8, 4) is 0 Å². The van der Waals surface area contributed by atoms with Crippen LogP contribution in [0.25, 0.3) is 0 Å². The molecule has 0 fully saturated rings. The predicted molar refractivity (Wildman–Crippen MR) is 71.2 cm³/mol. The summed E-state index contributed by atoms with van der Waals surface area (Å²) in [6.45, 7) is 8.42. The number of nitrogens with zero attached hydrogens (tertiary/aromatic N) is 2. The van der Waals surface area contributed by atoms with Gasteiger partial charge in [-0.25, -0.2) is 4.98 Å². The second-order valence-electron chi connectivity index (χ2n) is 4.41. The topological polar surface area (TPSA) is 51.4 Å². The fraction of sp³-hybridized carbons (Fsp3) is 0.615. The van der Waals surface area contributed by atoms with E-state index in [-0.39, 0.29) is 0 Å². The molecule has 0 aliphatic carbocycles. The Bertz CT molecular complexity index is 353. The average Bonchev–Trinajstić information content (AvgIpc) is 2.29. The molecule has 0 aromatic carbocycles. The van der Waals surface area contributed by atoms with Crippen molar-refractivity contribution < 1.29 is 4.74 Å². The van der Waals surface area contributed by atoms with E-state index in [0.717, 1.165) is 17.9 Å². The van der Waals surface area contributed by atoms with Gasteiger partial charge in [-0.15, -0.1) is 0 Å². The smallest absolute Gasteiger partial charge is 0.133 e. The minimum Gasteiger partial charge on any atom is -0.383 e. The Labute approximate surface area is 104 Å². The lowest BCUT2D eigenvalue weighted by Crippen LogP contribution is -2.35. The van der Waals surface area contributed by atoms with Crippen LogP contribution in [0.1, 0.15) is 25.0 Å². The molecule has 2 N–H and O–H groups in total. The maximum Gasteiger partial charge on any atom is 0.133 e. The molecule has 0 amide bonds. The molecule has 4 nitrogen and oxygen atoms in total. The second kappa shape index (κ2) is 6.57. The monoisotopic (exact) mass is 237 g/mol. The van der Waals surface area contributed by atoms with Crippen molar-refractivity contribution in [2.75, 3.05) is 25.2 Å². The number of hydrogen-bond acceptors (Lipinski definition) is 4. The van der Waals surface area contributed by atoms with E-state index in [1.54, 1.807) is 7.11 Å². The van der Waals surface area contributed by atoms with Gasteiger partial charge in [-0.1, -0.05) is 0 Å². The molecule has 0 saturated heterocycles. The van der Waals surface area contributed by atoms with Gasteiger partial charge in [0.15, 0.2) is 0 Å². The van der Waals surface area contributed by atoms with Crippen molar-refractivity contribution in [2.45, 2.75) is 33.4 Å². The Morgan fingerprint density at radius 3 is 2.71 bits per heavy atom. The van der Waals surface area contributed by atoms with E-state index in [4.69, 9.17) is 10.5 Å². The van der Waals surface area contributed by atoms with E-state index in [1.807, 2.05) is 12.3 Å². The van der Waals surface area contributed by atoms with E-state index in [0.29, 0.717) is 19.2 Å². The largest absolute Gasteiger partial charge is 0.383 e. The second-order valence-corrected chi connectivity index (χ2v) is 4.41. The van der Waals surface area contributed by atoms with Gasteiger partial charge >= 0.3 is 0 Å². The minimum atomic E-state index is 0.379. The van der Waals surface area contributed by atoms with Crippen LogP contribution in [-0.4, -0.2) is 31.3 Å². The lowest BCUT2D eigenvalue weighted by atomic mass is 10.1. The number of ether oxygens (including phenoxy) is 1. The van der Waals surface area contributed by atoms with Gasteiger partial charge in [0.05, 0.1) is 6.61 Å². The molecule has 1 heterocycles. The minimum absolute atomic E-state index is 0.379. The van der Waals surface area contributed by atoms with Gasteiger partial charge < -0.3 is 15.4 Å². The predicted octanol–water partition coefficient (Wildman–Crippen LogP) is 1.71. The fourth-order valence-electron chi connectivity index (χ4n) is 1.87. The molecule has 0 unspecified atom stereocenters. The Kier molecular flexibility index (Phi) is 5.38. The lowest BCUT2D eigenvalue weighted by Gasteiger charge is -2.29. The fourth-order valence-corrected chi connectivity index (χ4v) is 1.87. The van der Waals surface area contributed by atoms with Crippen LogP contribution in [0, 0.1) is 6.92 Å². The van der Waals surface area contributed by atoms with Gasteiger partial charge in [0, 0.05) is 38.0 Å². The van der Waals surface area contributed by atoms with Crippen LogP contribution in [0.5, 0.6) is 0 Å². The van der Waals surface area contributed by atoms with E-state index >= 15 is 0 Å². The van der Waals surface area contributed by atoms with Crippen LogP contribution in [0.2, 0.25) is 0 Å². The van der Waals surface area contributed by atoms with Crippen molar-refractivity contribution in [1.29, 1.82) is 0 Å². The molecule has 96 valence electrons. The highest BCUT2D eigenvalue weighted by Gasteiger charge is 2.16. The van der Waals surface area contributed by atoms with Gasteiger partial charge in [-0.2, -0.15) is 0 Å². The van der Waals surface area contributed by atoms with Crippen LogP contribution in [0.4, 0.5) is 5.82 Å². The van der Waals surface area contributed by atoms with Crippen molar-refractivity contribution >= 4 is 5.82 Å². The molecule has 4 heteroatoms. The van der Waals surface area contributed by atoms with Gasteiger partial charge in [-0.3, -0.25) is 0 Å². The maximum atomic E-state index is 5.82. The first-order valence-corrected chi connectivity index (χ1v) is 6.02. The zero-order chi connectivity index (χ0) is 12.8. The van der Waals surface area contributed by atoms with E-state index in [9.17, 15) is 0 Å². The Morgan fingerprint density at radius 2 is 2.18 bits per heavy atom. The highest BCUT2D eigenvalue weighted by molar-refractivity contribution is 5.50. The van der Waals surface area contributed by atoms with Gasteiger partial charge in [0.2, 0.25) is 0 Å². The number of anilines is 1. The molecular weight excluding hydrogens is 214 g/mol. The van der Waals surface area contributed by atoms with Crippen LogP contribution in [0.3, 0.4) is 0 Å². The van der Waals surface area contributed by atoms with E-state index < -0.39 is 0 Å². The number of aryl methyl sites for hydroxylation is 1. The van der Waals surface area contributed by atoms with E-state index in [1.165, 1.54) is 5.56 Å². The third kappa shape index (κ3) is 3.41. The lowest BCUT2D eigenvalue weighted by molar-refractivity contribution is 0.203. The summed E-state index contributed by atoms with van der Waals surface area (Å²) in [5, 5.41) is 0. The van der Waals surface area contributed by atoms with Crippen molar-refractivity contribution in [3.05, 3.63) is 23.4 Å². The van der Waals surface area contributed by atoms with Crippen LogP contribution in [0.15, 0.2) is 12.3 Å². The molecule has 0 bridgehead atoms. The molecule has 1 rings (SSSR count). The normalized spacial score (nSPS) is 10.9. The van der Waals surface area contributed by atoms with Gasteiger partial charge in [0.1, 0.15) is 5.82 Å². The first-order valence-electron chi connectivity index (χ1n) is 6.02. The SMILES string of the molecule is COCCN(c1nccc(C)c1CN)C(C)C. The molecule has 0 saturated carbocycles. The molecule has 0 radical (unpaired) electrons. The first kappa shape index (κ1) is 13.9. The first-order chi connectivity index (χ1) is 8.11. The third-order valence-electron chi connectivity index (χ3n) is 2.90. The Morgan fingerprint density at radius 1 is 1.47 bits per heavy atom. The molecule has 0 aliphatic rings. The van der Waals surface area contributed by atoms with Crippen LogP contribution < -0.4 is 10.6 Å². The zero-order valence-corrected chi connectivity index (χ0v) is 11.2. The summed E-state index contributed by atoms with van der Waals surface area (Å²) in [6.07, 6.45) is 1.84. The summed E-state index contributed by atoms with van der Waals surface area (Å²) in [5.41, 5.74) is 8.14. The standard InChI is InChI=1S/C13H23N3O/c1-10(2)16(7-8-17-4)13-12(9-14)11(3)5-6-15-13/h5-6,10H,7-9,14H2,1-4H3. The van der Waals surface area contributed by atoms with Crippen molar-refractivity contribution in [3.63, 3.8) is 0 Å². The third-order valence-corrected chi connectivity index (χ3v) is 2.90. The maximum absolute atomic E-state index is 5.82. The van der Waals surface area contributed by atoms with Gasteiger partial charge in [-0.05, 0) is 32.4 Å². The molecule has 0 aliphatic heterocycles. The number of nitrogens with two attached hydrogens (primary N) is 1. The zero-order valence-electron chi connectivity index (χ0n) is 11.2. The highest BCUT2D eigenvalue weighted by Crippen LogP contribution is 2.22. The summed E-state index contributed by atoms with van der Waals surface area (Å²) >= 11 is 0. The number of methoxy groups -OCH3 is 1. The number of rotatable bonds is 6. The van der Waals surface area contributed by atoms with Crippen LogP contribution in [-0.2, 0) is 11.3 Å². The molecule has 1 aromatic heterocycles. The molecular formula is C13H23N3O. The van der Waals surface area contributed by atoms with Gasteiger partial charge in [0.25, 0.3) is 0 Å². The van der Waals surface area contributed by atoms with Crippen LogP contribution >= 0.6 is 0 Å². The Hall–Kier alpha value is -1.13. The summed E-state index contributed by atoms with van der Waals surface area (Å²) in [7, 11) is 1.71. The molecule has 0 spiro atoms. The summed E-state index contributed by atoms with van der Waals surface area (Å²) in [4.78, 5) is 6.71. The average molecular weight is 237 g/mol. The highest BCUT2D eigenvalue weighted by atomic mass is 16.5. The molecule has 0 atom stereocenters. The molecule has 1 aromatic rings. The molecule has 17 heavy (non-hydrogen) atoms. The Balaban J connectivity index is 3.04. The van der Waals surface area contributed by atoms with E-state index in [2.05, 4.69) is 30.7 Å². The number of pyridine rings is 1. The van der Waals surface area contributed by atoms with Crippen molar-refractivity contribution in [2.24, 2.45) is 5.73 Å². The summed E-state index contributed by atoms with van der Waals surface area (Å²) in [5.74, 6) is 0.986. The summed E-state index contributed by atoms with van der Waals surface area (Å²) in [6, 6.07) is 2.38.